The van der Waals surface area contributed by atoms with Crippen LogP contribution in [-0.4, -0.2) is 15.8 Å². The van der Waals surface area contributed by atoms with Gasteiger partial charge in [0.05, 0.1) is 5.03 Å². The van der Waals surface area contributed by atoms with E-state index in [2.05, 4.69) is 31.0 Å². The van der Waals surface area contributed by atoms with Crippen LogP contribution in [-0.2, 0) is 19.3 Å². The number of aromatic nitrogens is 1. The van der Waals surface area contributed by atoms with Crippen LogP contribution in [0.2, 0.25) is 0 Å². The second-order valence-electron chi connectivity index (χ2n) is 7.20. The molecule has 0 saturated carbocycles. The SMILES string of the molecule is CCc1cc(C)cc(CC)c1-c1c(O)cc(CCSc2ccc(C)cn2)oc1=O. The smallest absolute Gasteiger partial charge is 0.347 e. The number of pyridine rings is 1. The van der Waals surface area contributed by atoms with E-state index in [1.54, 1.807) is 17.8 Å². The number of aromatic hydroxyl groups is 1. The van der Waals surface area contributed by atoms with E-state index in [1.807, 2.05) is 32.2 Å². The van der Waals surface area contributed by atoms with E-state index in [4.69, 9.17) is 4.42 Å². The molecule has 0 amide bonds. The lowest BCUT2D eigenvalue weighted by molar-refractivity contribution is 0.430. The Morgan fingerprint density at radius 2 is 1.69 bits per heavy atom. The predicted molar refractivity (Wildman–Crippen MR) is 119 cm³/mol. The van der Waals surface area contributed by atoms with Crippen LogP contribution < -0.4 is 5.63 Å². The van der Waals surface area contributed by atoms with Gasteiger partial charge in [0.2, 0.25) is 0 Å². The molecule has 0 atom stereocenters. The Morgan fingerprint density at radius 3 is 2.24 bits per heavy atom. The largest absolute Gasteiger partial charge is 0.507 e. The molecule has 2 aromatic heterocycles. The van der Waals surface area contributed by atoms with Crippen molar-refractivity contribution in [2.75, 3.05) is 5.75 Å². The van der Waals surface area contributed by atoms with Gasteiger partial charge < -0.3 is 9.52 Å². The maximum atomic E-state index is 12.8. The fourth-order valence-electron chi connectivity index (χ4n) is 3.50. The second kappa shape index (κ2) is 9.31. The number of rotatable bonds is 7. The average Bonchev–Trinajstić information content (AvgIpc) is 2.69. The van der Waals surface area contributed by atoms with Crippen molar-refractivity contribution >= 4 is 11.8 Å². The summed E-state index contributed by atoms with van der Waals surface area (Å²) in [5.41, 5.74) is 4.99. The van der Waals surface area contributed by atoms with Crippen LogP contribution in [0, 0.1) is 13.8 Å². The third-order valence-corrected chi connectivity index (χ3v) is 5.87. The van der Waals surface area contributed by atoms with E-state index in [0.29, 0.717) is 17.9 Å². The minimum Gasteiger partial charge on any atom is -0.507 e. The molecule has 3 rings (SSSR count). The summed E-state index contributed by atoms with van der Waals surface area (Å²) >= 11 is 1.60. The van der Waals surface area contributed by atoms with Gasteiger partial charge in [0.1, 0.15) is 17.1 Å². The molecule has 2 heterocycles. The summed E-state index contributed by atoms with van der Waals surface area (Å²) in [5.74, 6) is 1.19. The normalized spacial score (nSPS) is 11.0. The molecule has 3 aromatic rings. The number of hydrogen-bond acceptors (Lipinski definition) is 5. The minimum absolute atomic E-state index is 0.0111. The molecule has 0 bridgehead atoms. The summed E-state index contributed by atoms with van der Waals surface area (Å²) in [4.78, 5) is 17.2. The first-order valence-electron chi connectivity index (χ1n) is 9.97. The van der Waals surface area contributed by atoms with Crippen LogP contribution >= 0.6 is 11.8 Å². The first kappa shape index (κ1) is 21.2. The number of nitrogens with zero attached hydrogens (tertiary/aromatic N) is 1. The van der Waals surface area contributed by atoms with Gasteiger partial charge in [0.15, 0.2) is 0 Å². The third-order valence-electron chi connectivity index (χ3n) is 4.92. The summed E-state index contributed by atoms with van der Waals surface area (Å²) in [7, 11) is 0. The molecule has 4 nitrogen and oxygen atoms in total. The fraction of sp³-hybridized carbons (Fsp3) is 0.333. The van der Waals surface area contributed by atoms with E-state index in [-0.39, 0.29) is 11.3 Å². The Bertz CT molecular complexity index is 1030. The molecular weight excluding hydrogens is 382 g/mol. The molecule has 0 spiro atoms. The monoisotopic (exact) mass is 409 g/mol. The molecule has 0 saturated heterocycles. The molecule has 29 heavy (non-hydrogen) atoms. The van der Waals surface area contributed by atoms with E-state index < -0.39 is 5.63 Å². The summed E-state index contributed by atoms with van der Waals surface area (Å²) in [6.45, 7) is 8.17. The Kier molecular flexibility index (Phi) is 6.80. The van der Waals surface area contributed by atoms with Gasteiger partial charge in [-0.3, -0.25) is 0 Å². The van der Waals surface area contributed by atoms with Crippen LogP contribution in [0.15, 0.2) is 50.8 Å². The third kappa shape index (κ3) is 4.91. The zero-order chi connectivity index (χ0) is 21.0. The quantitative estimate of drug-likeness (QED) is 0.523. The predicted octanol–water partition coefficient (Wildman–Crippen LogP) is 5.48. The van der Waals surface area contributed by atoms with Crippen molar-refractivity contribution in [3.8, 4) is 16.9 Å². The topological polar surface area (TPSA) is 63.3 Å². The van der Waals surface area contributed by atoms with Crippen LogP contribution in [0.5, 0.6) is 5.75 Å². The van der Waals surface area contributed by atoms with Gasteiger partial charge in [-0.25, -0.2) is 9.78 Å². The molecule has 0 aliphatic rings. The van der Waals surface area contributed by atoms with Gasteiger partial charge in [-0.1, -0.05) is 37.6 Å². The van der Waals surface area contributed by atoms with Crippen molar-refractivity contribution in [3.05, 3.63) is 75.0 Å². The van der Waals surface area contributed by atoms with Crippen molar-refractivity contribution in [3.63, 3.8) is 0 Å². The molecule has 0 unspecified atom stereocenters. The van der Waals surface area contributed by atoms with Crippen LogP contribution in [0.1, 0.15) is 41.9 Å². The summed E-state index contributed by atoms with van der Waals surface area (Å²) in [6, 6.07) is 9.73. The lowest BCUT2D eigenvalue weighted by atomic mass is 9.90. The lowest BCUT2D eigenvalue weighted by Crippen LogP contribution is -2.09. The molecule has 0 fully saturated rings. The van der Waals surface area contributed by atoms with Crippen molar-refractivity contribution in [2.45, 2.75) is 52.0 Å². The maximum Gasteiger partial charge on any atom is 0.347 e. The highest BCUT2D eigenvalue weighted by Crippen LogP contribution is 2.34. The van der Waals surface area contributed by atoms with Gasteiger partial charge in [-0.15, -0.1) is 11.8 Å². The summed E-state index contributed by atoms with van der Waals surface area (Å²) < 4.78 is 5.58. The summed E-state index contributed by atoms with van der Waals surface area (Å²) in [5, 5.41) is 11.6. The van der Waals surface area contributed by atoms with E-state index >= 15 is 0 Å². The number of benzene rings is 1. The van der Waals surface area contributed by atoms with Crippen molar-refractivity contribution < 1.29 is 9.52 Å². The molecule has 1 N–H and O–H groups in total. The lowest BCUT2D eigenvalue weighted by Gasteiger charge is -2.15. The molecule has 0 radical (unpaired) electrons. The molecule has 0 aliphatic heterocycles. The van der Waals surface area contributed by atoms with E-state index in [9.17, 15) is 9.90 Å². The highest BCUT2D eigenvalue weighted by molar-refractivity contribution is 7.99. The van der Waals surface area contributed by atoms with Crippen molar-refractivity contribution in [1.82, 2.24) is 4.98 Å². The molecule has 152 valence electrons. The Morgan fingerprint density at radius 1 is 1.00 bits per heavy atom. The van der Waals surface area contributed by atoms with Crippen molar-refractivity contribution in [2.24, 2.45) is 0 Å². The Labute approximate surface area is 176 Å². The van der Waals surface area contributed by atoms with Gasteiger partial charge in [0.25, 0.3) is 0 Å². The standard InChI is InChI=1S/C24H27NO3S/c1-5-17-11-16(4)12-18(6-2)22(17)23-20(26)13-19(28-24(23)27)9-10-29-21-8-7-15(3)14-25-21/h7-8,11-14,26H,5-6,9-10H2,1-4H3. The maximum absolute atomic E-state index is 12.8. The molecular formula is C24H27NO3S. The highest BCUT2D eigenvalue weighted by Gasteiger charge is 2.19. The summed E-state index contributed by atoms with van der Waals surface area (Å²) in [6.07, 6.45) is 3.94. The second-order valence-corrected chi connectivity index (χ2v) is 8.31. The van der Waals surface area contributed by atoms with Gasteiger partial charge >= 0.3 is 5.63 Å². The first-order valence-corrected chi connectivity index (χ1v) is 11.0. The zero-order valence-electron chi connectivity index (χ0n) is 17.4. The number of aryl methyl sites for hydroxylation is 5. The van der Waals surface area contributed by atoms with Crippen LogP contribution in [0.3, 0.4) is 0 Å². The molecule has 1 aromatic carbocycles. The van der Waals surface area contributed by atoms with Crippen LogP contribution in [0.4, 0.5) is 0 Å². The van der Waals surface area contributed by atoms with Gasteiger partial charge in [-0.2, -0.15) is 0 Å². The molecule has 0 aliphatic carbocycles. The van der Waals surface area contributed by atoms with E-state index in [1.165, 1.54) is 0 Å². The Balaban J connectivity index is 1.87. The fourth-order valence-corrected chi connectivity index (χ4v) is 4.30. The van der Waals surface area contributed by atoms with Gasteiger partial charge in [-0.05, 0) is 55.0 Å². The Hall–Kier alpha value is -2.53. The zero-order valence-corrected chi connectivity index (χ0v) is 18.2. The van der Waals surface area contributed by atoms with Crippen LogP contribution in [0.25, 0.3) is 11.1 Å². The highest BCUT2D eigenvalue weighted by atomic mass is 32.2. The minimum atomic E-state index is -0.480. The van der Waals surface area contributed by atoms with E-state index in [0.717, 1.165) is 45.7 Å². The van der Waals surface area contributed by atoms with Crippen molar-refractivity contribution in [1.29, 1.82) is 0 Å². The first-order chi connectivity index (χ1) is 13.9. The van der Waals surface area contributed by atoms with Gasteiger partial charge in [0, 0.05) is 24.4 Å². The molecule has 5 heteroatoms. The number of thioether (sulfide) groups is 1. The number of hydrogen-bond donors (Lipinski definition) is 1. The average molecular weight is 410 g/mol.